The predicted octanol–water partition coefficient (Wildman–Crippen LogP) is 7.76. The van der Waals surface area contributed by atoms with Crippen LogP contribution in [0.4, 0.5) is 0 Å². The van der Waals surface area contributed by atoms with E-state index in [1.165, 1.54) is 70.0 Å². The second kappa shape index (κ2) is 6.04. The van der Waals surface area contributed by atoms with Crippen LogP contribution in [0.1, 0.15) is 106 Å². The highest BCUT2D eigenvalue weighted by molar-refractivity contribution is 5.30. The molecule has 0 saturated heterocycles. The molecule has 1 heteroatoms. The Morgan fingerprint density at radius 2 is 1.54 bits per heavy atom. The van der Waals surface area contributed by atoms with Gasteiger partial charge < -0.3 is 4.74 Å². The molecule has 4 aliphatic carbocycles. The Morgan fingerprint density at radius 1 is 0.821 bits per heavy atom. The van der Waals surface area contributed by atoms with E-state index in [4.69, 9.17) is 4.74 Å². The Hall–Kier alpha value is -0.460. The Balaban J connectivity index is 1.55. The summed E-state index contributed by atoms with van der Waals surface area (Å²) in [6, 6.07) is 0. The molecule has 0 aromatic heterocycles. The van der Waals surface area contributed by atoms with Gasteiger partial charge in [0.2, 0.25) is 0 Å². The molecule has 0 bridgehead atoms. The third-order valence-corrected chi connectivity index (χ3v) is 11.7. The molecule has 5 aliphatic rings. The topological polar surface area (TPSA) is 9.23 Å². The first kappa shape index (κ1) is 19.5. The first-order valence-corrected chi connectivity index (χ1v) is 12.5. The third-order valence-electron chi connectivity index (χ3n) is 11.7. The molecule has 28 heavy (non-hydrogen) atoms. The van der Waals surface area contributed by atoms with E-state index in [0.717, 1.165) is 30.3 Å². The number of fused-ring (bicyclic) bond motifs is 6. The molecule has 0 amide bonds. The maximum Gasteiger partial charge on any atom is 0.0957 e. The molecule has 3 fully saturated rings. The molecule has 1 heterocycles. The van der Waals surface area contributed by atoms with Gasteiger partial charge in [-0.2, -0.15) is 0 Å². The zero-order chi connectivity index (χ0) is 19.9. The normalized spacial score (nSPS) is 53.2. The number of hydrogen-bond acceptors (Lipinski definition) is 1. The van der Waals surface area contributed by atoms with Gasteiger partial charge in [-0.1, -0.05) is 41.5 Å². The van der Waals surface area contributed by atoms with Gasteiger partial charge in [-0.05, 0) is 109 Å². The zero-order valence-electron chi connectivity index (χ0n) is 19.5. The van der Waals surface area contributed by atoms with Crippen molar-refractivity contribution in [3.63, 3.8) is 0 Å². The molecule has 1 nitrogen and oxygen atoms in total. The van der Waals surface area contributed by atoms with Gasteiger partial charge in [-0.25, -0.2) is 0 Å². The van der Waals surface area contributed by atoms with Crippen molar-refractivity contribution in [2.24, 2.45) is 45.3 Å². The summed E-state index contributed by atoms with van der Waals surface area (Å²) in [5.41, 5.74) is 3.78. The van der Waals surface area contributed by atoms with Gasteiger partial charge in [0.15, 0.2) is 0 Å². The van der Waals surface area contributed by atoms with Crippen LogP contribution in [0.5, 0.6) is 0 Å². The zero-order valence-corrected chi connectivity index (χ0v) is 19.5. The maximum absolute atomic E-state index is 6.20. The van der Waals surface area contributed by atoms with E-state index in [1.807, 2.05) is 0 Å². The molecule has 0 radical (unpaired) electrons. The van der Waals surface area contributed by atoms with Crippen molar-refractivity contribution in [2.75, 3.05) is 6.61 Å². The molecule has 0 aromatic rings. The molecule has 5 rings (SSSR count). The molecule has 7 atom stereocenters. The van der Waals surface area contributed by atoms with Crippen molar-refractivity contribution >= 4 is 0 Å². The minimum absolute atomic E-state index is 0.409. The van der Waals surface area contributed by atoms with Crippen LogP contribution >= 0.6 is 0 Å². The van der Waals surface area contributed by atoms with Gasteiger partial charge in [0.25, 0.3) is 0 Å². The maximum atomic E-state index is 6.20. The summed E-state index contributed by atoms with van der Waals surface area (Å²) in [4.78, 5) is 0. The van der Waals surface area contributed by atoms with Crippen LogP contribution in [0.2, 0.25) is 0 Å². The van der Waals surface area contributed by atoms with Crippen LogP contribution in [0.3, 0.4) is 0 Å². The molecular formula is C27H44O. The van der Waals surface area contributed by atoms with Crippen molar-refractivity contribution in [1.82, 2.24) is 0 Å². The fourth-order valence-electron chi connectivity index (χ4n) is 10.2. The lowest BCUT2D eigenvalue weighted by Crippen LogP contribution is -2.63. The first-order valence-electron chi connectivity index (χ1n) is 12.5. The molecule has 0 spiro atoms. The van der Waals surface area contributed by atoms with E-state index < -0.39 is 0 Å². The Labute approximate surface area is 174 Å². The van der Waals surface area contributed by atoms with Crippen molar-refractivity contribution < 1.29 is 4.74 Å². The number of rotatable bonds is 1. The summed E-state index contributed by atoms with van der Waals surface area (Å²) in [6.07, 6.45) is 13.9. The minimum Gasteiger partial charge on any atom is -0.498 e. The number of ether oxygens (including phenoxy) is 1. The summed E-state index contributed by atoms with van der Waals surface area (Å²) in [6.45, 7) is 16.8. The molecule has 1 aliphatic heterocycles. The fourth-order valence-corrected chi connectivity index (χ4v) is 10.2. The summed E-state index contributed by atoms with van der Waals surface area (Å²) < 4.78 is 6.20. The van der Waals surface area contributed by atoms with Gasteiger partial charge >= 0.3 is 0 Å². The predicted molar refractivity (Wildman–Crippen MR) is 117 cm³/mol. The minimum atomic E-state index is 0.409. The van der Waals surface area contributed by atoms with E-state index in [1.54, 1.807) is 5.57 Å². The average Bonchev–Trinajstić information content (AvgIpc) is 3.02. The molecule has 3 saturated carbocycles. The molecule has 0 N–H and O–H groups in total. The lowest BCUT2D eigenvalue weighted by atomic mass is 9.34. The Morgan fingerprint density at radius 3 is 2.29 bits per heavy atom. The molecule has 0 aromatic carbocycles. The first-order chi connectivity index (χ1) is 13.2. The summed E-state index contributed by atoms with van der Waals surface area (Å²) in [5, 5.41) is 0. The highest BCUT2D eigenvalue weighted by Gasteiger charge is 2.69. The molecule has 0 unspecified atom stereocenters. The molecule has 158 valence electrons. The Kier molecular flexibility index (Phi) is 4.21. The van der Waals surface area contributed by atoms with Crippen LogP contribution < -0.4 is 0 Å². The highest BCUT2D eigenvalue weighted by atomic mass is 16.5. The third kappa shape index (κ3) is 2.20. The van der Waals surface area contributed by atoms with Gasteiger partial charge in [0.1, 0.15) is 0 Å². The van der Waals surface area contributed by atoms with Gasteiger partial charge in [0, 0.05) is 6.42 Å². The van der Waals surface area contributed by atoms with Crippen molar-refractivity contribution in [3.05, 3.63) is 11.3 Å². The smallest absolute Gasteiger partial charge is 0.0957 e. The van der Waals surface area contributed by atoms with E-state index in [9.17, 15) is 0 Å². The quantitative estimate of drug-likeness (QED) is 0.449. The fraction of sp³-hybridized carbons (Fsp3) is 0.926. The number of allylic oxidation sites excluding steroid dienone is 2. The Bertz CT molecular complexity index is 690. The molecular weight excluding hydrogens is 340 g/mol. The van der Waals surface area contributed by atoms with Crippen molar-refractivity contribution in [2.45, 2.75) is 106 Å². The SMILES string of the molecule is CC(C)[C@H]1CC[C@@H]2[C@]1(C)CC[C@]1(C)[C@H]3CCC4=C(CCCO4)[C@]3(C)CC[C@@]21C. The van der Waals surface area contributed by atoms with Crippen LogP contribution in [0.25, 0.3) is 0 Å². The highest BCUT2D eigenvalue weighted by Crippen LogP contribution is 2.77. The van der Waals surface area contributed by atoms with Crippen LogP contribution in [-0.4, -0.2) is 6.61 Å². The number of hydrogen-bond donors (Lipinski definition) is 0. The van der Waals surface area contributed by atoms with Crippen LogP contribution in [-0.2, 0) is 4.74 Å². The van der Waals surface area contributed by atoms with Crippen LogP contribution in [0, 0.1) is 45.3 Å². The largest absolute Gasteiger partial charge is 0.498 e. The second-order valence-electron chi connectivity index (χ2n) is 12.7. The van der Waals surface area contributed by atoms with E-state index in [2.05, 4.69) is 41.5 Å². The lowest BCUT2D eigenvalue weighted by molar-refractivity contribution is -0.199. The van der Waals surface area contributed by atoms with Gasteiger partial charge in [-0.15, -0.1) is 0 Å². The van der Waals surface area contributed by atoms with Gasteiger partial charge in [-0.3, -0.25) is 0 Å². The van der Waals surface area contributed by atoms with Crippen LogP contribution in [0.15, 0.2) is 11.3 Å². The summed E-state index contributed by atoms with van der Waals surface area (Å²) >= 11 is 0. The summed E-state index contributed by atoms with van der Waals surface area (Å²) in [7, 11) is 0. The lowest BCUT2D eigenvalue weighted by Gasteiger charge is -2.70. The van der Waals surface area contributed by atoms with Gasteiger partial charge in [0.05, 0.1) is 12.4 Å². The van der Waals surface area contributed by atoms with Crippen molar-refractivity contribution in [1.29, 1.82) is 0 Å². The second-order valence-corrected chi connectivity index (χ2v) is 12.7. The monoisotopic (exact) mass is 384 g/mol. The average molecular weight is 385 g/mol. The van der Waals surface area contributed by atoms with E-state index >= 15 is 0 Å². The van der Waals surface area contributed by atoms with E-state index in [-0.39, 0.29) is 0 Å². The van der Waals surface area contributed by atoms with E-state index in [0.29, 0.717) is 21.7 Å². The summed E-state index contributed by atoms with van der Waals surface area (Å²) in [5.74, 6) is 5.01. The van der Waals surface area contributed by atoms with Crippen molar-refractivity contribution in [3.8, 4) is 0 Å². The standard InChI is InChI=1S/C27H44O/c1-18(2)19-9-11-22-24(19,3)13-15-27(6)23-12-10-21-20(8-7-17-28-21)25(23,4)14-16-26(22,27)5/h18-19,22-23H,7-17H2,1-6H3/t19-,22-,23+,24-,25+,26+,27-/m1/s1.